The Morgan fingerprint density at radius 2 is 1.71 bits per heavy atom. The molecule has 2 aromatic rings. The molecular weight excluding hydrogens is 326 g/mol. The summed E-state index contributed by atoms with van der Waals surface area (Å²) in [7, 11) is 1.72. The summed E-state index contributed by atoms with van der Waals surface area (Å²) in [5.41, 5.74) is 2.52. The highest BCUT2D eigenvalue weighted by Crippen LogP contribution is 2.24. The quantitative estimate of drug-likeness (QED) is 0.814. The van der Waals surface area contributed by atoms with Crippen LogP contribution in [0.4, 0.5) is 0 Å². The van der Waals surface area contributed by atoms with Crippen LogP contribution in [0.25, 0.3) is 0 Å². The van der Waals surface area contributed by atoms with E-state index in [0.717, 1.165) is 16.6 Å². The Labute approximate surface area is 135 Å². The highest BCUT2D eigenvalue weighted by molar-refractivity contribution is 9.10. The lowest BCUT2D eigenvalue weighted by molar-refractivity contribution is 0.403. The lowest BCUT2D eigenvalue weighted by Crippen LogP contribution is -2.31. The van der Waals surface area contributed by atoms with Crippen LogP contribution in [0.1, 0.15) is 31.0 Å². The smallest absolute Gasteiger partial charge is 0.122 e. The zero-order valence-corrected chi connectivity index (χ0v) is 14.4. The Kier molecular flexibility index (Phi) is 5.83. The normalized spacial score (nSPS) is 13.7. The van der Waals surface area contributed by atoms with E-state index < -0.39 is 0 Å². The second kappa shape index (κ2) is 7.62. The molecule has 0 amide bonds. The molecule has 0 aromatic heterocycles. The third kappa shape index (κ3) is 4.32. The van der Waals surface area contributed by atoms with E-state index in [2.05, 4.69) is 65.4 Å². The summed E-state index contributed by atoms with van der Waals surface area (Å²) in [4.78, 5) is 0. The molecule has 0 aliphatic rings. The van der Waals surface area contributed by atoms with Gasteiger partial charge in [0.15, 0.2) is 0 Å². The highest BCUT2D eigenvalue weighted by Gasteiger charge is 2.13. The lowest BCUT2D eigenvalue weighted by Gasteiger charge is -2.22. The fourth-order valence-corrected chi connectivity index (χ4v) is 3.23. The molecule has 2 nitrogen and oxygen atoms in total. The average Bonchev–Trinajstić information content (AvgIpc) is 2.48. The fraction of sp³-hybridized carbons (Fsp3) is 0.333. The van der Waals surface area contributed by atoms with Crippen LogP contribution in [-0.4, -0.2) is 13.2 Å². The van der Waals surface area contributed by atoms with E-state index in [4.69, 9.17) is 4.74 Å². The summed E-state index contributed by atoms with van der Waals surface area (Å²) in [5, 5.41) is 3.65. The van der Waals surface area contributed by atoms with E-state index in [-0.39, 0.29) is 0 Å². The first-order valence-electron chi connectivity index (χ1n) is 7.24. The number of nitrogens with one attached hydrogen (secondary N) is 1. The fourth-order valence-electron chi connectivity index (χ4n) is 2.60. The molecule has 0 fully saturated rings. The summed E-state index contributed by atoms with van der Waals surface area (Å²) in [6.07, 6.45) is 0.943. The maximum atomic E-state index is 5.42. The van der Waals surface area contributed by atoms with Crippen molar-refractivity contribution >= 4 is 15.9 Å². The molecular formula is C18H22BrNO. The average molecular weight is 348 g/mol. The number of ether oxygens (including phenoxy) is 1. The van der Waals surface area contributed by atoms with E-state index in [9.17, 15) is 0 Å². The predicted molar refractivity (Wildman–Crippen MR) is 91.9 cm³/mol. The van der Waals surface area contributed by atoms with Crippen LogP contribution < -0.4 is 10.1 Å². The van der Waals surface area contributed by atoms with Gasteiger partial charge in [0, 0.05) is 16.6 Å². The van der Waals surface area contributed by atoms with Crippen LogP contribution in [-0.2, 0) is 6.42 Å². The van der Waals surface area contributed by atoms with E-state index in [1.165, 1.54) is 11.1 Å². The molecule has 112 valence electrons. The minimum Gasteiger partial charge on any atom is -0.496 e. The molecule has 0 spiro atoms. The minimum atomic E-state index is 0.297. The predicted octanol–water partition coefficient (Wildman–Crippen LogP) is 4.74. The molecule has 0 heterocycles. The van der Waals surface area contributed by atoms with Gasteiger partial charge in [0.2, 0.25) is 0 Å². The van der Waals surface area contributed by atoms with Gasteiger partial charge in [-0.15, -0.1) is 0 Å². The van der Waals surface area contributed by atoms with Crippen LogP contribution in [0.3, 0.4) is 0 Å². The van der Waals surface area contributed by atoms with Crippen molar-refractivity contribution in [1.82, 2.24) is 5.32 Å². The van der Waals surface area contributed by atoms with Gasteiger partial charge < -0.3 is 10.1 Å². The monoisotopic (exact) mass is 347 g/mol. The Morgan fingerprint density at radius 1 is 1.05 bits per heavy atom. The molecule has 0 radical (unpaired) electrons. The molecule has 1 unspecified atom stereocenters. The van der Waals surface area contributed by atoms with Crippen LogP contribution in [0.2, 0.25) is 0 Å². The van der Waals surface area contributed by atoms with Crippen LogP contribution in [0.15, 0.2) is 53.0 Å². The summed E-state index contributed by atoms with van der Waals surface area (Å²) in [6.45, 7) is 4.40. The Bertz CT molecular complexity index is 585. The van der Waals surface area contributed by atoms with Crippen molar-refractivity contribution < 1.29 is 4.74 Å². The largest absolute Gasteiger partial charge is 0.496 e. The van der Waals surface area contributed by atoms with Crippen LogP contribution >= 0.6 is 15.9 Å². The molecule has 0 bridgehead atoms. The lowest BCUT2D eigenvalue weighted by atomic mass is 10.0. The third-order valence-corrected chi connectivity index (χ3v) is 4.35. The number of methoxy groups -OCH3 is 1. The van der Waals surface area contributed by atoms with Gasteiger partial charge >= 0.3 is 0 Å². The van der Waals surface area contributed by atoms with Gasteiger partial charge in [0.25, 0.3) is 0 Å². The zero-order valence-electron chi connectivity index (χ0n) is 12.8. The molecule has 21 heavy (non-hydrogen) atoms. The van der Waals surface area contributed by atoms with E-state index in [1.807, 2.05) is 18.2 Å². The highest BCUT2D eigenvalue weighted by atomic mass is 79.9. The second-order valence-electron chi connectivity index (χ2n) is 5.33. The van der Waals surface area contributed by atoms with Gasteiger partial charge in [0.05, 0.1) is 7.11 Å². The number of benzene rings is 2. The maximum Gasteiger partial charge on any atom is 0.122 e. The van der Waals surface area contributed by atoms with Crippen molar-refractivity contribution in [2.45, 2.75) is 32.4 Å². The van der Waals surface area contributed by atoms with Crippen molar-refractivity contribution in [3.63, 3.8) is 0 Å². The van der Waals surface area contributed by atoms with Crippen LogP contribution in [0, 0.1) is 0 Å². The first-order valence-corrected chi connectivity index (χ1v) is 8.03. The first-order chi connectivity index (χ1) is 10.1. The summed E-state index contributed by atoms with van der Waals surface area (Å²) >= 11 is 3.62. The summed E-state index contributed by atoms with van der Waals surface area (Å²) in [6, 6.07) is 17.2. The van der Waals surface area contributed by atoms with Crippen LogP contribution in [0.5, 0.6) is 5.75 Å². The van der Waals surface area contributed by atoms with Gasteiger partial charge in [-0.2, -0.15) is 0 Å². The van der Waals surface area contributed by atoms with Gasteiger partial charge in [0.1, 0.15) is 5.75 Å². The Morgan fingerprint density at radius 3 is 2.43 bits per heavy atom. The molecule has 0 aliphatic carbocycles. The van der Waals surface area contributed by atoms with E-state index in [0.29, 0.717) is 12.1 Å². The number of rotatable bonds is 6. The van der Waals surface area contributed by atoms with Gasteiger partial charge in [-0.25, -0.2) is 0 Å². The number of para-hydroxylation sites is 1. The molecule has 2 rings (SSSR count). The van der Waals surface area contributed by atoms with Crippen molar-refractivity contribution in [2.24, 2.45) is 0 Å². The van der Waals surface area contributed by atoms with Crippen molar-refractivity contribution in [1.29, 1.82) is 0 Å². The summed E-state index contributed by atoms with van der Waals surface area (Å²) in [5.74, 6) is 0.958. The first kappa shape index (κ1) is 16.1. The molecule has 2 atom stereocenters. The minimum absolute atomic E-state index is 0.297. The SMILES string of the molecule is COc1ccccc1CC(C)N[C@@H](C)c1ccccc1Br. The maximum absolute atomic E-state index is 5.42. The molecule has 1 N–H and O–H groups in total. The van der Waals surface area contributed by atoms with Crippen molar-refractivity contribution in [2.75, 3.05) is 7.11 Å². The number of halogens is 1. The van der Waals surface area contributed by atoms with E-state index >= 15 is 0 Å². The third-order valence-electron chi connectivity index (χ3n) is 3.62. The standard InChI is InChI=1S/C18H22BrNO/c1-13(12-15-8-4-7-11-18(15)21-3)20-14(2)16-9-5-6-10-17(16)19/h4-11,13-14,20H,12H2,1-3H3/t13?,14-/m0/s1. The Balaban J connectivity index is 2.01. The van der Waals surface area contributed by atoms with Gasteiger partial charge in [-0.3, -0.25) is 0 Å². The number of hydrogen-bond acceptors (Lipinski definition) is 2. The molecule has 0 aliphatic heterocycles. The van der Waals surface area contributed by atoms with Gasteiger partial charge in [-0.1, -0.05) is 52.3 Å². The van der Waals surface area contributed by atoms with E-state index in [1.54, 1.807) is 7.11 Å². The van der Waals surface area contributed by atoms with Gasteiger partial charge in [-0.05, 0) is 43.5 Å². The molecule has 3 heteroatoms. The Hall–Kier alpha value is -1.32. The molecule has 0 saturated heterocycles. The zero-order chi connectivity index (χ0) is 15.2. The number of hydrogen-bond donors (Lipinski definition) is 1. The van der Waals surface area contributed by atoms with Crippen molar-refractivity contribution in [3.8, 4) is 5.75 Å². The topological polar surface area (TPSA) is 21.3 Å². The second-order valence-corrected chi connectivity index (χ2v) is 6.18. The molecule has 0 saturated carbocycles. The molecule has 2 aromatic carbocycles. The summed E-state index contributed by atoms with van der Waals surface area (Å²) < 4.78 is 6.57. The van der Waals surface area contributed by atoms with Crippen molar-refractivity contribution in [3.05, 3.63) is 64.1 Å².